The second-order valence-electron chi connectivity index (χ2n) is 4.13. The Morgan fingerprint density at radius 1 is 0.857 bits per heavy atom. The van der Waals surface area contributed by atoms with Crippen LogP contribution in [-0.2, 0) is 42.0 Å². The number of thiophene rings is 1. The van der Waals surface area contributed by atoms with Gasteiger partial charge in [0.2, 0.25) is 0 Å². The Balaban J connectivity index is 2.33. The molecule has 122 valence electrons. The van der Waals surface area contributed by atoms with E-state index in [1.807, 2.05) is 10.8 Å². The Morgan fingerprint density at radius 2 is 1.24 bits per heavy atom. The largest absolute Gasteiger partial charge is 0.397 e. The maximum atomic E-state index is 10.4. The van der Waals surface area contributed by atoms with Crippen LogP contribution in [-0.4, -0.2) is 39.2 Å². The van der Waals surface area contributed by atoms with Gasteiger partial charge >= 0.3 is 20.8 Å². The van der Waals surface area contributed by atoms with Crippen molar-refractivity contribution in [3.63, 3.8) is 0 Å². The fraction of sp³-hybridized carbons (Fsp3) is 0.600. The molecule has 11 heteroatoms. The van der Waals surface area contributed by atoms with Crippen LogP contribution in [0.25, 0.3) is 0 Å². The summed E-state index contributed by atoms with van der Waals surface area (Å²) < 4.78 is 66.7. The molecule has 1 rings (SSSR count). The van der Waals surface area contributed by atoms with Gasteiger partial charge in [0.15, 0.2) is 0 Å². The lowest BCUT2D eigenvalue weighted by Gasteiger charge is -2.04. The molecule has 21 heavy (non-hydrogen) atoms. The van der Waals surface area contributed by atoms with E-state index >= 15 is 0 Å². The molecule has 1 heterocycles. The van der Waals surface area contributed by atoms with Crippen LogP contribution < -0.4 is 0 Å². The highest BCUT2D eigenvalue weighted by molar-refractivity contribution is 7.81. The minimum absolute atomic E-state index is 0.111. The van der Waals surface area contributed by atoms with Crippen LogP contribution in [0.15, 0.2) is 10.8 Å². The van der Waals surface area contributed by atoms with Crippen LogP contribution in [0.5, 0.6) is 0 Å². The summed E-state index contributed by atoms with van der Waals surface area (Å²) in [5.41, 5.74) is 2.01. The van der Waals surface area contributed by atoms with Gasteiger partial charge in [-0.25, -0.2) is 8.37 Å². The first-order chi connectivity index (χ1) is 9.67. The van der Waals surface area contributed by atoms with Gasteiger partial charge in [-0.3, -0.25) is 9.11 Å². The predicted molar refractivity (Wildman–Crippen MR) is 76.0 cm³/mol. The van der Waals surface area contributed by atoms with Crippen LogP contribution in [0.3, 0.4) is 0 Å². The van der Waals surface area contributed by atoms with Gasteiger partial charge in [-0.2, -0.15) is 28.2 Å². The molecule has 0 fully saturated rings. The highest BCUT2D eigenvalue weighted by Gasteiger charge is 2.08. The third-order valence-corrected chi connectivity index (χ3v) is 4.25. The normalized spacial score (nSPS) is 12.7. The summed E-state index contributed by atoms with van der Waals surface area (Å²) in [6.45, 7) is -0.222. The summed E-state index contributed by atoms with van der Waals surface area (Å²) in [5.74, 6) is 0. The van der Waals surface area contributed by atoms with Gasteiger partial charge in [0.05, 0.1) is 13.2 Å². The molecule has 0 aromatic carbocycles. The van der Waals surface area contributed by atoms with E-state index in [4.69, 9.17) is 9.11 Å². The Labute approximate surface area is 127 Å². The van der Waals surface area contributed by atoms with Crippen molar-refractivity contribution < 1.29 is 34.3 Å². The van der Waals surface area contributed by atoms with E-state index in [9.17, 15) is 16.8 Å². The van der Waals surface area contributed by atoms with Gasteiger partial charge in [-0.15, -0.1) is 0 Å². The second-order valence-corrected chi connectivity index (χ2v) is 7.05. The Morgan fingerprint density at radius 3 is 1.57 bits per heavy atom. The van der Waals surface area contributed by atoms with Crippen molar-refractivity contribution in [2.24, 2.45) is 0 Å². The van der Waals surface area contributed by atoms with E-state index in [1.54, 1.807) is 0 Å². The molecule has 0 spiro atoms. The number of aryl methyl sites for hydroxylation is 2. The maximum absolute atomic E-state index is 10.4. The molecule has 0 unspecified atom stereocenters. The number of hydrogen-bond acceptors (Lipinski definition) is 7. The zero-order valence-electron chi connectivity index (χ0n) is 11.0. The van der Waals surface area contributed by atoms with Crippen molar-refractivity contribution in [2.45, 2.75) is 25.7 Å². The quantitative estimate of drug-likeness (QED) is 0.471. The summed E-state index contributed by atoms with van der Waals surface area (Å²) in [7, 11) is -8.80. The van der Waals surface area contributed by atoms with E-state index in [2.05, 4.69) is 8.37 Å². The molecule has 0 radical (unpaired) electrons. The summed E-state index contributed by atoms with van der Waals surface area (Å²) in [5, 5.41) is 3.82. The van der Waals surface area contributed by atoms with Gasteiger partial charge in [-0.1, -0.05) is 0 Å². The fourth-order valence-corrected chi connectivity index (χ4v) is 3.23. The van der Waals surface area contributed by atoms with E-state index in [1.165, 1.54) is 11.3 Å². The highest BCUT2D eigenvalue weighted by Crippen LogP contribution is 2.19. The van der Waals surface area contributed by atoms with Crippen molar-refractivity contribution in [2.75, 3.05) is 13.2 Å². The molecule has 0 saturated carbocycles. The van der Waals surface area contributed by atoms with Crippen LogP contribution in [0.1, 0.15) is 24.0 Å². The summed E-state index contributed by atoms with van der Waals surface area (Å²) in [6.07, 6.45) is 2.00. The third-order valence-electron chi connectivity index (χ3n) is 2.48. The van der Waals surface area contributed by atoms with E-state index in [-0.39, 0.29) is 13.2 Å². The Kier molecular flexibility index (Phi) is 7.20. The predicted octanol–water partition coefficient (Wildman–Crippen LogP) is 1.25. The maximum Gasteiger partial charge on any atom is 0.397 e. The first-order valence-electron chi connectivity index (χ1n) is 5.95. The molecule has 8 nitrogen and oxygen atoms in total. The van der Waals surface area contributed by atoms with Crippen molar-refractivity contribution >= 4 is 32.1 Å². The first-order valence-corrected chi connectivity index (χ1v) is 9.62. The molecule has 0 amide bonds. The van der Waals surface area contributed by atoms with E-state index in [0.29, 0.717) is 25.7 Å². The zero-order chi connectivity index (χ0) is 15.9. The minimum atomic E-state index is -4.40. The molecular weight excluding hydrogens is 344 g/mol. The Hall–Kier alpha value is -0.560. The van der Waals surface area contributed by atoms with Crippen LogP contribution in [0.4, 0.5) is 0 Å². The molecule has 2 N–H and O–H groups in total. The molecular formula is C10H16O8S3. The zero-order valence-corrected chi connectivity index (χ0v) is 13.4. The first kappa shape index (κ1) is 18.5. The van der Waals surface area contributed by atoms with Gasteiger partial charge < -0.3 is 0 Å². The molecule has 0 atom stereocenters. The van der Waals surface area contributed by atoms with Gasteiger partial charge in [-0.05, 0) is 47.6 Å². The van der Waals surface area contributed by atoms with Gasteiger partial charge in [0, 0.05) is 0 Å². The Bertz CT molecular complexity index is 577. The molecule has 0 aliphatic heterocycles. The van der Waals surface area contributed by atoms with Crippen molar-refractivity contribution in [3.8, 4) is 0 Å². The SMILES string of the molecule is O=S(=O)(O)OCCCc1cscc1CCCOS(=O)(=O)O. The van der Waals surface area contributed by atoms with Crippen LogP contribution >= 0.6 is 11.3 Å². The summed E-state index contributed by atoms with van der Waals surface area (Å²) in [6, 6.07) is 0. The summed E-state index contributed by atoms with van der Waals surface area (Å²) in [4.78, 5) is 0. The van der Waals surface area contributed by atoms with Gasteiger partial charge in [0.1, 0.15) is 0 Å². The lowest BCUT2D eigenvalue weighted by Crippen LogP contribution is -2.07. The molecule has 1 aromatic heterocycles. The minimum Gasteiger partial charge on any atom is -0.264 e. The monoisotopic (exact) mass is 360 g/mol. The van der Waals surface area contributed by atoms with Crippen LogP contribution in [0, 0.1) is 0 Å². The topological polar surface area (TPSA) is 127 Å². The lowest BCUT2D eigenvalue weighted by atomic mass is 10.1. The average Bonchev–Trinajstić information content (AvgIpc) is 2.75. The molecule has 0 aliphatic carbocycles. The molecule has 0 aliphatic rings. The fourth-order valence-electron chi connectivity index (χ4n) is 1.64. The van der Waals surface area contributed by atoms with Crippen molar-refractivity contribution in [1.82, 2.24) is 0 Å². The van der Waals surface area contributed by atoms with Crippen LogP contribution in [0.2, 0.25) is 0 Å². The van der Waals surface area contributed by atoms with Gasteiger partial charge in [0.25, 0.3) is 0 Å². The number of hydrogen-bond donors (Lipinski definition) is 2. The molecule has 0 saturated heterocycles. The number of rotatable bonds is 10. The van der Waals surface area contributed by atoms with E-state index < -0.39 is 20.8 Å². The highest BCUT2D eigenvalue weighted by atomic mass is 32.3. The lowest BCUT2D eigenvalue weighted by molar-refractivity contribution is 0.262. The second kappa shape index (κ2) is 8.17. The third kappa shape index (κ3) is 9.14. The van der Waals surface area contributed by atoms with E-state index in [0.717, 1.165) is 11.1 Å². The van der Waals surface area contributed by atoms with Crippen molar-refractivity contribution in [1.29, 1.82) is 0 Å². The van der Waals surface area contributed by atoms with Crippen molar-refractivity contribution in [3.05, 3.63) is 21.9 Å². The molecule has 0 bridgehead atoms. The molecule has 1 aromatic rings. The summed E-state index contributed by atoms with van der Waals surface area (Å²) >= 11 is 1.48. The smallest absolute Gasteiger partial charge is 0.264 e. The standard InChI is InChI=1S/C10H16O8S3/c11-20(12,13)17-5-1-3-9-7-19-8-10(9)4-2-6-18-21(14,15)16/h7-8H,1-6H2,(H,11,12,13)(H,14,15,16). The average molecular weight is 360 g/mol.